The lowest BCUT2D eigenvalue weighted by Gasteiger charge is -2.27. The number of hydrogen-bond acceptors (Lipinski definition) is 4. The molecule has 96 valence electrons. The molecular weight excluding hydrogens is 242 g/mol. The number of benzene rings is 1. The van der Waals surface area contributed by atoms with Gasteiger partial charge in [0, 0.05) is 11.3 Å². The first-order valence-electron chi connectivity index (χ1n) is 6.28. The van der Waals surface area contributed by atoms with Crippen LogP contribution in [-0.2, 0) is 0 Å². The third-order valence-electron chi connectivity index (χ3n) is 3.73. The number of nitrogens with two attached hydrogens (primary N) is 1. The summed E-state index contributed by atoms with van der Waals surface area (Å²) in [5.74, 6) is 0. The van der Waals surface area contributed by atoms with Gasteiger partial charge in [-0.25, -0.2) is 0 Å². The van der Waals surface area contributed by atoms with Gasteiger partial charge in [0.15, 0.2) is 0 Å². The highest BCUT2D eigenvalue weighted by molar-refractivity contribution is 8.00. The molecule has 0 bridgehead atoms. The summed E-state index contributed by atoms with van der Waals surface area (Å²) in [5, 5.41) is 12.3. The van der Waals surface area contributed by atoms with Crippen molar-refractivity contribution >= 4 is 23.1 Å². The number of nitrogen functional groups attached to an aromatic ring is 1. The molecular formula is C14H19N3S. The average molecular weight is 261 g/mol. The van der Waals surface area contributed by atoms with Gasteiger partial charge in [-0.1, -0.05) is 12.8 Å². The van der Waals surface area contributed by atoms with Crippen molar-refractivity contribution < 1.29 is 0 Å². The van der Waals surface area contributed by atoms with Gasteiger partial charge in [0.05, 0.1) is 23.0 Å². The van der Waals surface area contributed by atoms with Crippen LogP contribution in [0.15, 0.2) is 18.2 Å². The normalized spacial score (nSPS) is 17.3. The van der Waals surface area contributed by atoms with Crippen LogP contribution in [0.5, 0.6) is 0 Å². The van der Waals surface area contributed by atoms with Crippen LogP contribution in [0.2, 0.25) is 0 Å². The van der Waals surface area contributed by atoms with Crippen molar-refractivity contribution in [3.8, 4) is 6.07 Å². The maximum atomic E-state index is 8.91. The minimum absolute atomic E-state index is 0.342. The van der Waals surface area contributed by atoms with Crippen molar-refractivity contribution in [2.75, 3.05) is 23.9 Å². The maximum Gasteiger partial charge on any atom is 0.0992 e. The molecule has 2 rings (SSSR count). The Morgan fingerprint density at radius 3 is 2.78 bits per heavy atom. The fourth-order valence-corrected chi connectivity index (χ4v) is 3.42. The molecule has 3 nitrogen and oxygen atoms in total. The number of hydrogen-bond donors (Lipinski definition) is 2. The zero-order valence-electron chi connectivity index (χ0n) is 10.7. The zero-order valence-corrected chi connectivity index (χ0v) is 11.5. The second-order valence-corrected chi connectivity index (χ2v) is 6.14. The van der Waals surface area contributed by atoms with E-state index in [9.17, 15) is 0 Å². The van der Waals surface area contributed by atoms with Crippen LogP contribution < -0.4 is 11.1 Å². The summed E-state index contributed by atoms with van der Waals surface area (Å²) in [7, 11) is 0. The van der Waals surface area contributed by atoms with Crippen LogP contribution in [0.4, 0.5) is 11.4 Å². The van der Waals surface area contributed by atoms with Gasteiger partial charge in [-0.3, -0.25) is 0 Å². The summed E-state index contributed by atoms with van der Waals surface area (Å²) in [6.07, 6.45) is 7.34. The lowest BCUT2D eigenvalue weighted by atomic mass is 10.1. The number of nitrogens with zero attached hydrogens (tertiary/aromatic N) is 1. The lowest BCUT2D eigenvalue weighted by Crippen LogP contribution is -2.30. The van der Waals surface area contributed by atoms with Crippen molar-refractivity contribution in [3.63, 3.8) is 0 Å². The topological polar surface area (TPSA) is 61.8 Å². The minimum atomic E-state index is 0.342. The van der Waals surface area contributed by atoms with E-state index in [0.717, 1.165) is 12.2 Å². The van der Waals surface area contributed by atoms with E-state index >= 15 is 0 Å². The van der Waals surface area contributed by atoms with Crippen LogP contribution in [0.3, 0.4) is 0 Å². The van der Waals surface area contributed by atoms with Crippen molar-refractivity contribution in [2.45, 2.75) is 30.4 Å². The van der Waals surface area contributed by atoms with Gasteiger partial charge in [0.25, 0.3) is 0 Å². The molecule has 0 radical (unpaired) electrons. The molecule has 1 aromatic rings. The van der Waals surface area contributed by atoms with Crippen molar-refractivity contribution in [1.82, 2.24) is 0 Å². The van der Waals surface area contributed by atoms with E-state index in [4.69, 9.17) is 11.0 Å². The van der Waals surface area contributed by atoms with Gasteiger partial charge in [0.1, 0.15) is 0 Å². The Hall–Kier alpha value is -1.34. The van der Waals surface area contributed by atoms with Gasteiger partial charge in [-0.15, -0.1) is 0 Å². The molecule has 0 aromatic heterocycles. The van der Waals surface area contributed by atoms with Gasteiger partial charge in [-0.2, -0.15) is 17.0 Å². The zero-order chi connectivity index (χ0) is 13.0. The van der Waals surface area contributed by atoms with Crippen molar-refractivity contribution in [3.05, 3.63) is 23.8 Å². The van der Waals surface area contributed by atoms with Gasteiger partial charge in [0.2, 0.25) is 0 Å². The van der Waals surface area contributed by atoms with Crippen LogP contribution in [-0.4, -0.2) is 17.5 Å². The van der Waals surface area contributed by atoms with Crippen LogP contribution in [0.1, 0.15) is 31.2 Å². The van der Waals surface area contributed by atoms with Crippen LogP contribution in [0.25, 0.3) is 0 Å². The Balaban J connectivity index is 2.08. The van der Waals surface area contributed by atoms with E-state index in [2.05, 4.69) is 17.6 Å². The highest BCUT2D eigenvalue weighted by Gasteiger charge is 2.32. The number of anilines is 2. The monoisotopic (exact) mass is 261 g/mol. The smallest absolute Gasteiger partial charge is 0.0992 e. The summed E-state index contributed by atoms with van der Waals surface area (Å²) >= 11 is 1.95. The molecule has 1 aromatic carbocycles. The summed E-state index contributed by atoms with van der Waals surface area (Å²) in [5.41, 5.74) is 8.18. The Labute approximate surface area is 113 Å². The quantitative estimate of drug-likeness (QED) is 0.817. The molecule has 0 saturated heterocycles. The SMILES string of the molecule is CSC1(CNc2cc(C#N)ccc2N)CCCC1. The average Bonchev–Trinajstić information content (AvgIpc) is 2.87. The predicted octanol–water partition coefficient (Wildman–Crippen LogP) is 3.23. The number of rotatable bonds is 4. The summed E-state index contributed by atoms with van der Waals surface area (Å²) in [6.45, 7) is 0.924. The highest BCUT2D eigenvalue weighted by atomic mass is 32.2. The van der Waals surface area contributed by atoms with E-state index < -0.39 is 0 Å². The first-order chi connectivity index (χ1) is 8.69. The lowest BCUT2D eigenvalue weighted by molar-refractivity contribution is 0.640. The predicted molar refractivity (Wildman–Crippen MR) is 78.8 cm³/mol. The molecule has 0 unspecified atom stereocenters. The molecule has 3 N–H and O–H groups in total. The number of thioether (sulfide) groups is 1. The molecule has 1 fully saturated rings. The molecule has 4 heteroatoms. The van der Waals surface area contributed by atoms with Gasteiger partial charge in [-0.05, 0) is 37.3 Å². The Bertz CT molecular complexity index is 459. The molecule has 0 amide bonds. The largest absolute Gasteiger partial charge is 0.397 e. The fraction of sp³-hybridized carbons (Fsp3) is 0.500. The first kappa shape index (κ1) is 13.1. The summed E-state index contributed by atoms with van der Waals surface area (Å²) < 4.78 is 0.342. The molecule has 0 heterocycles. The standard InChI is InChI=1S/C14H19N3S/c1-18-14(6-2-3-7-14)10-17-13-8-11(9-15)4-5-12(13)16/h4-5,8,17H,2-3,6-7,10,16H2,1H3. The second kappa shape index (κ2) is 5.53. The molecule has 0 atom stereocenters. The van der Waals surface area contributed by atoms with Gasteiger partial charge < -0.3 is 11.1 Å². The highest BCUT2D eigenvalue weighted by Crippen LogP contribution is 2.40. The van der Waals surface area contributed by atoms with Crippen molar-refractivity contribution in [2.24, 2.45) is 0 Å². The Morgan fingerprint density at radius 1 is 1.44 bits per heavy atom. The van der Waals surface area contributed by atoms with Gasteiger partial charge >= 0.3 is 0 Å². The first-order valence-corrected chi connectivity index (χ1v) is 7.50. The molecule has 0 aliphatic heterocycles. The van der Waals surface area contributed by atoms with E-state index in [1.165, 1.54) is 25.7 Å². The molecule has 1 saturated carbocycles. The van der Waals surface area contributed by atoms with E-state index in [-0.39, 0.29) is 0 Å². The number of nitriles is 1. The minimum Gasteiger partial charge on any atom is -0.397 e. The van der Waals surface area contributed by atoms with E-state index in [1.807, 2.05) is 17.8 Å². The van der Waals surface area contributed by atoms with E-state index in [0.29, 0.717) is 16.0 Å². The molecule has 0 spiro atoms. The van der Waals surface area contributed by atoms with Crippen molar-refractivity contribution in [1.29, 1.82) is 5.26 Å². The third-order valence-corrected chi connectivity index (χ3v) is 5.15. The fourth-order valence-electron chi connectivity index (χ4n) is 2.51. The molecule has 18 heavy (non-hydrogen) atoms. The second-order valence-electron chi connectivity index (χ2n) is 4.86. The van der Waals surface area contributed by atoms with Crippen LogP contribution >= 0.6 is 11.8 Å². The Kier molecular flexibility index (Phi) is 4.03. The summed E-state index contributed by atoms with van der Waals surface area (Å²) in [4.78, 5) is 0. The van der Waals surface area contributed by atoms with Crippen LogP contribution in [0, 0.1) is 11.3 Å². The number of nitrogens with one attached hydrogen (secondary N) is 1. The summed E-state index contributed by atoms with van der Waals surface area (Å²) in [6, 6.07) is 7.52. The molecule has 1 aliphatic carbocycles. The maximum absolute atomic E-state index is 8.91. The van der Waals surface area contributed by atoms with E-state index in [1.54, 1.807) is 12.1 Å². The third kappa shape index (κ3) is 2.73. The molecule has 1 aliphatic rings. The Morgan fingerprint density at radius 2 is 2.17 bits per heavy atom.